The highest BCUT2D eigenvalue weighted by atomic mass is 16.5. The summed E-state index contributed by atoms with van der Waals surface area (Å²) in [6.45, 7) is 6.60. The fourth-order valence-corrected chi connectivity index (χ4v) is 4.69. The number of nitrogens with zero attached hydrogens (tertiary/aromatic N) is 2. The second-order valence-corrected chi connectivity index (χ2v) is 9.86. The molecule has 0 bridgehead atoms. The van der Waals surface area contributed by atoms with Crippen molar-refractivity contribution in [3.8, 4) is 11.5 Å². The Morgan fingerprint density at radius 2 is 1.68 bits per heavy atom. The van der Waals surface area contributed by atoms with Gasteiger partial charge in [0, 0.05) is 25.1 Å². The third-order valence-corrected chi connectivity index (χ3v) is 6.77. The molecule has 4 rings (SSSR count). The van der Waals surface area contributed by atoms with Crippen LogP contribution in [-0.4, -0.2) is 35.7 Å². The Labute approximate surface area is 226 Å². The highest BCUT2D eigenvalue weighted by Gasteiger charge is 2.11. The molecule has 3 aromatic carbocycles. The monoisotopic (exact) mass is 513 g/mol. The van der Waals surface area contributed by atoms with Gasteiger partial charge in [-0.1, -0.05) is 50.6 Å². The second-order valence-electron chi connectivity index (χ2n) is 9.86. The van der Waals surface area contributed by atoms with E-state index in [-0.39, 0.29) is 5.91 Å². The smallest absolute Gasteiger partial charge is 0.251 e. The van der Waals surface area contributed by atoms with Crippen molar-refractivity contribution in [2.45, 2.75) is 58.4 Å². The van der Waals surface area contributed by atoms with Crippen molar-refractivity contribution in [2.75, 3.05) is 20.3 Å². The van der Waals surface area contributed by atoms with Crippen LogP contribution in [0.15, 0.2) is 72.8 Å². The van der Waals surface area contributed by atoms with Crippen LogP contribution in [0.1, 0.15) is 67.2 Å². The maximum absolute atomic E-state index is 12.3. The van der Waals surface area contributed by atoms with Gasteiger partial charge in [0.05, 0.1) is 24.8 Å². The summed E-state index contributed by atoms with van der Waals surface area (Å²) in [7, 11) is 1.62. The van der Waals surface area contributed by atoms with Crippen molar-refractivity contribution in [2.24, 2.45) is 0 Å². The van der Waals surface area contributed by atoms with Crippen molar-refractivity contribution in [1.29, 1.82) is 0 Å². The molecule has 0 spiro atoms. The van der Waals surface area contributed by atoms with Crippen LogP contribution < -0.4 is 14.8 Å². The number of carbonyl (C=O) groups is 1. The summed E-state index contributed by atoms with van der Waals surface area (Å²) in [4.78, 5) is 17.3. The predicted octanol–water partition coefficient (Wildman–Crippen LogP) is 6.78. The van der Waals surface area contributed by atoms with E-state index in [4.69, 9.17) is 14.5 Å². The zero-order valence-corrected chi connectivity index (χ0v) is 22.8. The van der Waals surface area contributed by atoms with E-state index in [0.29, 0.717) is 24.6 Å². The summed E-state index contributed by atoms with van der Waals surface area (Å²) in [5.74, 6) is 3.24. The maximum atomic E-state index is 12.3. The van der Waals surface area contributed by atoms with Gasteiger partial charge in [0.25, 0.3) is 5.91 Å². The van der Waals surface area contributed by atoms with Gasteiger partial charge in [-0.05, 0) is 73.2 Å². The zero-order valence-electron chi connectivity index (χ0n) is 22.8. The van der Waals surface area contributed by atoms with E-state index < -0.39 is 0 Å². The van der Waals surface area contributed by atoms with Crippen LogP contribution >= 0.6 is 0 Å². The number of benzene rings is 3. The van der Waals surface area contributed by atoms with E-state index in [2.05, 4.69) is 60.1 Å². The Morgan fingerprint density at radius 1 is 0.921 bits per heavy atom. The number of hydrogen-bond acceptors (Lipinski definition) is 4. The molecule has 0 radical (unpaired) electrons. The number of para-hydroxylation sites is 3. The molecule has 1 heterocycles. The molecule has 38 heavy (non-hydrogen) atoms. The van der Waals surface area contributed by atoms with Gasteiger partial charge >= 0.3 is 0 Å². The Kier molecular flexibility index (Phi) is 9.79. The number of nitrogens with one attached hydrogen (secondary N) is 1. The van der Waals surface area contributed by atoms with Gasteiger partial charge in [0.2, 0.25) is 0 Å². The second kappa shape index (κ2) is 13.7. The highest BCUT2D eigenvalue weighted by molar-refractivity contribution is 5.94. The van der Waals surface area contributed by atoms with E-state index in [1.165, 1.54) is 11.1 Å². The molecule has 1 aromatic heterocycles. The molecule has 1 N–H and O–H groups in total. The number of carbonyl (C=O) groups excluding carboxylic acids is 1. The molecule has 0 aliphatic rings. The van der Waals surface area contributed by atoms with Gasteiger partial charge < -0.3 is 19.4 Å². The first-order valence-corrected chi connectivity index (χ1v) is 13.6. The standard InChI is InChI=1S/C32H39N3O3/c1-24(2)27-12-6-9-15-30(27)38-23-11-22-35-29-14-8-7-13-28(29)34-31(35)16-5-4-10-21-33-32(36)25-17-19-26(37-3)20-18-25/h6-9,12-15,17-20,24H,4-5,10-11,16,21-23H2,1-3H3,(H,33,36). The summed E-state index contributed by atoms with van der Waals surface area (Å²) < 4.78 is 13.7. The van der Waals surface area contributed by atoms with Crippen LogP contribution in [0.25, 0.3) is 11.0 Å². The summed E-state index contributed by atoms with van der Waals surface area (Å²) in [5, 5.41) is 3.01. The number of aromatic nitrogens is 2. The van der Waals surface area contributed by atoms with Gasteiger partial charge in [-0.3, -0.25) is 4.79 Å². The summed E-state index contributed by atoms with van der Waals surface area (Å²) in [6, 6.07) is 23.8. The number of amides is 1. The largest absolute Gasteiger partial charge is 0.497 e. The van der Waals surface area contributed by atoms with Crippen molar-refractivity contribution >= 4 is 16.9 Å². The van der Waals surface area contributed by atoms with Crippen LogP contribution in [0.5, 0.6) is 11.5 Å². The van der Waals surface area contributed by atoms with Crippen LogP contribution in [0, 0.1) is 0 Å². The van der Waals surface area contributed by atoms with Gasteiger partial charge in [-0.15, -0.1) is 0 Å². The molecule has 0 fully saturated rings. The first-order chi connectivity index (χ1) is 18.6. The van der Waals surface area contributed by atoms with Crippen molar-refractivity contribution in [3.05, 3.63) is 89.7 Å². The predicted molar refractivity (Wildman–Crippen MR) is 153 cm³/mol. The molecule has 0 unspecified atom stereocenters. The summed E-state index contributed by atoms with van der Waals surface area (Å²) >= 11 is 0. The normalized spacial score (nSPS) is 11.2. The van der Waals surface area contributed by atoms with Crippen LogP contribution in [0.2, 0.25) is 0 Å². The number of imidazole rings is 1. The van der Waals surface area contributed by atoms with E-state index in [9.17, 15) is 4.79 Å². The Morgan fingerprint density at radius 3 is 2.47 bits per heavy atom. The maximum Gasteiger partial charge on any atom is 0.251 e. The highest BCUT2D eigenvalue weighted by Crippen LogP contribution is 2.26. The Bertz CT molecular complexity index is 1310. The van der Waals surface area contributed by atoms with Crippen molar-refractivity contribution in [1.82, 2.24) is 14.9 Å². The lowest BCUT2D eigenvalue weighted by Crippen LogP contribution is -2.24. The number of rotatable bonds is 14. The van der Waals surface area contributed by atoms with Crippen LogP contribution in [0.4, 0.5) is 0 Å². The molecule has 4 aromatic rings. The number of unbranched alkanes of at least 4 members (excludes halogenated alkanes) is 2. The van der Waals surface area contributed by atoms with E-state index in [1.54, 1.807) is 31.4 Å². The van der Waals surface area contributed by atoms with E-state index in [1.807, 2.05) is 12.1 Å². The Hall–Kier alpha value is -3.80. The molecule has 0 atom stereocenters. The number of fused-ring (bicyclic) bond motifs is 1. The third-order valence-electron chi connectivity index (χ3n) is 6.77. The summed E-state index contributed by atoms with van der Waals surface area (Å²) in [6.07, 6.45) is 4.82. The molecule has 6 nitrogen and oxygen atoms in total. The van der Waals surface area contributed by atoms with Gasteiger partial charge in [0.1, 0.15) is 17.3 Å². The lowest BCUT2D eigenvalue weighted by atomic mass is 10.0. The molecule has 0 saturated carbocycles. The molecule has 1 amide bonds. The van der Waals surface area contributed by atoms with Crippen molar-refractivity contribution < 1.29 is 14.3 Å². The SMILES string of the molecule is COc1ccc(C(=O)NCCCCCc2nc3ccccc3n2CCCOc2ccccc2C(C)C)cc1. The molecule has 0 aliphatic heterocycles. The third kappa shape index (κ3) is 7.15. The molecule has 0 aliphatic carbocycles. The van der Waals surface area contributed by atoms with E-state index in [0.717, 1.165) is 61.5 Å². The lowest BCUT2D eigenvalue weighted by Gasteiger charge is -2.14. The number of ether oxygens (including phenoxy) is 2. The summed E-state index contributed by atoms with van der Waals surface area (Å²) in [5.41, 5.74) is 4.12. The topological polar surface area (TPSA) is 65.4 Å². The molecule has 200 valence electrons. The zero-order chi connectivity index (χ0) is 26.7. The van der Waals surface area contributed by atoms with Crippen LogP contribution in [-0.2, 0) is 13.0 Å². The quantitative estimate of drug-likeness (QED) is 0.189. The minimum absolute atomic E-state index is 0.0484. The van der Waals surface area contributed by atoms with Gasteiger partial charge in [0.15, 0.2) is 0 Å². The molecule has 6 heteroatoms. The fraction of sp³-hybridized carbons (Fsp3) is 0.375. The molecule has 0 saturated heterocycles. The van der Waals surface area contributed by atoms with Crippen molar-refractivity contribution in [3.63, 3.8) is 0 Å². The molecular weight excluding hydrogens is 474 g/mol. The lowest BCUT2D eigenvalue weighted by molar-refractivity contribution is 0.0953. The fourth-order valence-electron chi connectivity index (χ4n) is 4.69. The molecular formula is C32H39N3O3. The Balaban J connectivity index is 1.25. The number of hydrogen-bond donors (Lipinski definition) is 1. The average molecular weight is 514 g/mol. The van der Waals surface area contributed by atoms with E-state index >= 15 is 0 Å². The minimum atomic E-state index is -0.0484. The van der Waals surface area contributed by atoms with Gasteiger partial charge in [-0.2, -0.15) is 0 Å². The first-order valence-electron chi connectivity index (χ1n) is 13.6. The van der Waals surface area contributed by atoms with Crippen LogP contribution in [0.3, 0.4) is 0 Å². The number of methoxy groups -OCH3 is 1. The first kappa shape index (κ1) is 27.2. The average Bonchev–Trinajstić information content (AvgIpc) is 3.30. The van der Waals surface area contributed by atoms with Gasteiger partial charge in [-0.25, -0.2) is 4.98 Å². The minimum Gasteiger partial charge on any atom is -0.497 e. The number of aryl methyl sites for hydroxylation is 2.